The predicted molar refractivity (Wildman–Crippen MR) is 85.8 cm³/mol. The van der Waals surface area contributed by atoms with E-state index in [1.54, 1.807) is 24.3 Å². The number of hydrogen-bond donors (Lipinski definition) is 1. The van der Waals surface area contributed by atoms with Gasteiger partial charge < -0.3 is 9.47 Å². The van der Waals surface area contributed by atoms with Crippen molar-refractivity contribution in [1.82, 2.24) is 5.43 Å². The molecule has 132 valence electrons. The van der Waals surface area contributed by atoms with E-state index >= 15 is 0 Å². The largest absolute Gasteiger partial charge is 0.573 e. The Kier molecular flexibility index (Phi) is 6.24. The summed E-state index contributed by atoms with van der Waals surface area (Å²) in [4.78, 5) is 11.6. The van der Waals surface area contributed by atoms with Gasteiger partial charge in [-0.15, -0.1) is 13.2 Å². The van der Waals surface area contributed by atoms with E-state index in [2.05, 4.69) is 15.3 Å². The topological polar surface area (TPSA) is 59.9 Å². The molecule has 25 heavy (non-hydrogen) atoms. The van der Waals surface area contributed by atoms with Gasteiger partial charge in [-0.3, -0.25) is 4.79 Å². The van der Waals surface area contributed by atoms with Crippen molar-refractivity contribution in [3.05, 3.63) is 59.1 Å². The summed E-state index contributed by atoms with van der Waals surface area (Å²) >= 11 is 5.72. The minimum Gasteiger partial charge on any atom is -0.484 e. The Morgan fingerprint density at radius 1 is 1.08 bits per heavy atom. The highest BCUT2D eigenvalue weighted by atomic mass is 35.5. The van der Waals surface area contributed by atoms with Crippen LogP contribution in [0.3, 0.4) is 0 Å². The molecule has 2 aromatic carbocycles. The number of amides is 1. The van der Waals surface area contributed by atoms with E-state index in [0.29, 0.717) is 16.3 Å². The van der Waals surface area contributed by atoms with Crippen molar-refractivity contribution < 1.29 is 27.4 Å². The van der Waals surface area contributed by atoms with Gasteiger partial charge in [-0.1, -0.05) is 11.6 Å². The van der Waals surface area contributed by atoms with Gasteiger partial charge in [0.1, 0.15) is 11.5 Å². The number of benzene rings is 2. The first-order chi connectivity index (χ1) is 11.8. The molecule has 0 atom stereocenters. The van der Waals surface area contributed by atoms with Gasteiger partial charge in [0.15, 0.2) is 6.61 Å². The molecule has 0 bridgehead atoms. The van der Waals surface area contributed by atoms with E-state index in [1.165, 1.54) is 18.3 Å². The number of hydrazone groups is 1. The number of ether oxygens (including phenoxy) is 2. The van der Waals surface area contributed by atoms with Crippen molar-refractivity contribution in [3.63, 3.8) is 0 Å². The van der Waals surface area contributed by atoms with Gasteiger partial charge in [-0.2, -0.15) is 5.10 Å². The average molecular weight is 373 g/mol. The summed E-state index contributed by atoms with van der Waals surface area (Å²) in [6.07, 6.45) is -3.47. The number of carbonyl (C=O) groups is 1. The van der Waals surface area contributed by atoms with Crippen molar-refractivity contribution in [3.8, 4) is 11.5 Å². The van der Waals surface area contributed by atoms with E-state index in [9.17, 15) is 18.0 Å². The van der Waals surface area contributed by atoms with Gasteiger partial charge in [0.25, 0.3) is 5.91 Å². The zero-order valence-corrected chi connectivity index (χ0v) is 13.3. The quantitative estimate of drug-likeness (QED) is 0.620. The first-order valence-corrected chi connectivity index (χ1v) is 7.26. The minimum atomic E-state index is -4.74. The summed E-state index contributed by atoms with van der Waals surface area (Å²) in [6.45, 7) is -0.253. The fraction of sp³-hybridized carbons (Fsp3) is 0.125. The molecule has 0 saturated heterocycles. The summed E-state index contributed by atoms with van der Waals surface area (Å²) in [5, 5.41) is 4.23. The van der Waals surface area contributed by atoms with Crippen LogP contribution in [0.25, 0.3) is 0 Å². The van der Waals surface area contributed by atoms with Gasteiger partial charge in [0.2, 0.25) is 0 Å². The maximum Gasteiger partial charge on any atom is 0.573 e. The van der Waals surface area contributed by atoms with Gasteiger partial charge in [-0.25, -0.2) is 5.43 Å². The Balaban J connectivity index is 1.77. The highest BCUT2D eigenvalue weighted by Crippen LogP contribution is 2.22. The van der Waals surface area contributed by atoms with Crippen LogP contribution in [-0.4, -0.2) is 25.1 Å². The number of nitrogens with zero attached hydrogens (tertiary/aromatic N) is 1. The van der Waals surface area contributed by atoms with E-state index in [4.69, 9.17) is 16.3 Å². The van der Waals surface area contributed by atoms with Crippen molar-refractivity contribution in [2.45, 2.75) is 6.36 Å². The maximum atomic E-state index is 12.0. The van der Waals surface area contributed by atoms with Gasteiger partial charge in [-0.05, 0) is 54.1 Å². The summed E-state index contributed by atoms with van der Waals surface area (Å²) in [5.74, 6) is -0.364. The van der Waals surface area contributed by atoms with Crippen LogP contribution in [0.1, 0.15) is 5.56 Å². The predicted octanol–water partition coefficient (Wildman–Crippen LogP) is 3.77. The molecule has 0 saturated carbocycles. The first kappa shape index (κ1) is 18.6. The molecule has 0 unspecified atom stereocenters. The molecule has 1 amide bonds. The molecule has 0 aliphatic rings. The van der Waals surface area contributed by atoms with Crippen LogP contribution in [0, 0.1) is 0 Å². The molecular weight excluding hydrogens is 361 g/mol. The number of rotatable bonds is 6. The SMILES string of the molecule is O=C(COc1ccc(Cl)cc1)N/N=C\c1ccc(OC(F)(F)F)cc1. The molecular formula is C16H12ClF3N2O3. The Labute approximate surface area is 146 Å². The van der Waals surface area contributed by atoms with E-state index < -0.39 is 12.3 Å². The fourth-order valence-electron chi connectivity index (χ4n) is 1.65. The van der Waals surface area contributed by atoms with Crippen LogP contribution in [0.4, 0.5) is 13.2 Å². The molecule has 0 aromatic heterocycles. The molecule has 0 aliphatic heterocycles. The van der Waals surface area contributed by atoms with Crippen molar-refractivity contribution in [1.29, 1.82) is 0 Å². The Morgan fingerprint density at radius 2 is 1.68 bits per heavy atom. The number of nitrogens with one attached hydrogen (secondary N) is 1. The molecule has 0 spiro atoms. The third-order valence-corrected chi connectivity index (χ3v) is 2.95. The monoisotopic (exact) mass is 372 g/mol. The summed E-state index contributed by atoms with van der Waals surface area (Å²) in [5.41, 5.74) is 2.71. The average Bonchev–Trinajstić information content (AvgIpc) is 2.55. The lowest BCUT2D eigenvalue weighted by molar-refractivity contribution is -0.274. The molecule has 0 radical (unpaired) electrons. The second-order valence-corrected chi connectivity index (χ2v) is 5.09. The smallest absolute Gasteiger partial charge is 0.484 e. The fourth-order valence-corrected chi connectivity index (χ4v) is 1.77. The molecule has 0 heterocycles. The van der Waals surface area contributed by atoms with Crippen LogP contribution < -0.4 is 14.9 Å². The molecule has 0 aliphatic carbocycles. The van der Waals surface area contributed by atoms with Gasteiger partial charge >= 0.3 is 6.36 Å². The third kappa shape index (κ3) is 7.13. The molecule has 1 N–H and O–H groups in total. The number of carbonyl (C=O) groups excluding carboxylic acids is 1. The Bertz CT molecular complexity index is 732. The normalized spacial score (nSPS) is 11.4. The Hall–Kier alpha value is -2.74. The lowest BCUT2D eigenvalue weighted by Gasteiger charge is -2.08. The van der Waals surface area contributed by atoms with Gasteiger partial charge in [0, 0.05) is 5.02 Å². The van der Waals surface area contributed by atoms with Crippen LogP contribution in [-0.2, 0) is 4.79 Å². The van der Waals surface area contributed by atoms with Crippen LogP contribution >= 0.6 is 11.6 Å². The second-order valence-electron chi connectivity index (χ2n) is 4.65. The number of halogens is 4. The van der Waals surface area contributed by atoms with Crippen molar-refractivity contribution in [2.75, 3.05) is 6.61 Å². The molecule has 9 heteroatoms. The zero-order chi connectivity index (χ0) is 18.3. The van der Waals surface area contributed by atoms with Crippen LogP contribution in [0.5, 0.6) is 11.5 Å². The third-order valence-electron chi connectivity index (χ3n) is 2.70. The van der Waals surface area contributed by atoms with E-state index in [0.717, 1.165) is 12.1 Å². The standard InChI is InChI=1S/C16H12ClF3N2O3/c17-12-3-7-13(8-4-12)24-10-15(23)22-21-9-11-1-5-14(6-2-11)25-16(18,19)20/h1-9H,10H2,(H,22,23)/b21-9-. The molecule has 2 aromatic rings. The maximum absolute atomic E-state index is 12.0. The molecule has 0 fully saturated rings. The Morgan fingerprint density at radius 3 is 2.28 bits per heavy atom. The van der Waals surface area contributed by atoms with Crippen molar-refractivity contribution in [2.24, 2.45) is 5.10 Å². The minimum absolute atomic E-state index is 0.253. The molecule has 2 rings (SSSR count). The number of hydrogen-bond acceptors (Lipinski definition) is 4. The summed E-state index contributed by atoms with van der Waals surface area (Å²) < 4.78 is 45.1. The first-order valence-electron chi connectivity index (χ1n) is 6.88. The van der Waals surface area contributed by atoms with Crippen LogP contribution in [0.2, 0.25) is 5.02 Å². The zero-order valence-electron chi connectivity index (χ0n) is 12.6. The van der Waals surface area contributed by atoms with E-state index in [-0.39, 0.29) is 12.4 Å². The number of alkyl halides is 3. The summed E-state index contributed by atoms with van der Waals surface area (Å²) in [6, 6.07) is 11.5. The molecule has 5 nitrogen and oxygen atoms in total. The summed E-state index contributed by atoms with van der Waals surface area (Å²) in [7, 11) is 0. The van der Waals surface area contributed by atoms with E-state index in [1.807, 2.05) is 0 Å². The lowest BCUT2D eigenvalue weighted by atomic mass is 10.2. The highest BCUT2D eigenvalue weighted by Gasteiger charge is 2.30. The van der Waals surface area contributed by atoms with Crippen molar-refractivity contribution >= 4 is 23.7 Å². The lowest BCUT2D eigenvalue weighted by Crippen LogP contribution is -2.24. The highest BCUT2D eigenvalue weighted by molar-refractivity contribution is 6.30. The van der Waals surface area contributed by atoms with Crippen LogP contribution in [0.15, 0.2) is 53.6 Å². The van der Waals surface area contributed by atoms with Gasteiger partial charge in [0.05, 0.1) is 6.21 Å². The second kappa shape index (κ2) is 8.39.